The number of aliphatic hydroxyl groups excluding tert-OH is 1. The van der Waals surface area contributed by atoms with E-state index < -0.39 is 6.10 Å². The Kier molecular flexibility index (Phi) is 6.26. The van der Waals surface area contributed by atoms with E-state index in [1.807, 2.05) is 0 Å². The Bertz CT molecular complexity index is 839. The van der Waals surface area contributed by atoms with Crippen LogP contribution in [0.2, 0.25) is 0 Å². The summed E-state index contributed by atoms with van der Waals surface area (Å²) in [5, 5.41) is 10.0. The second-order valence-corrected chi connectivity index (χ2v) is 10.7. The number of anilines is 1. The third-order valence-corrected chi connectivity index (χ3v) is 7.12. The number of rotatable bonds is 5. The van der Waals surface area contributed by atoms with Crippen LogP contribution in [0.4, 0.5) is 5.69 Å². The molecule has 5 nitrogen and oxygen atoms in total. The zero-order chi connectivity index (χ0) is 22.3. The average Bonchev–Trinajstić information content (AvgIpc) is 3.02. The maximum atomic E-state index is 11.8. The van der Waals surface area contributed by atoms with E-state index in [9.17, 15) is 9.90 Å². The Morgan fingerprint density at radius 2 is 1.90 bits per heavy atom. The summed E-state index contributed by atoms with van der Waals surface area (Å²) in [6.45, 7) is 13.4. The van der Waals surface area contributed by atoms with E-state index >= 15 is 0 Å². The summed E-state index contributed by atoms with van der Waals surface area (Å²) in [6, 6.07) is 0. The molecule has 172 valence electrons. The Morgan fingerprint density at radius 1 is 1.19 bits per heavy atom. The maximum absolute atomic E-state index is 11.8. The Labute approximate surface area is 187 Å². The first-order chi connectivity index (χ1) is 14.7. The Hall–Kier alpha value is -1.75. The van der Waals surface area contributed by atoms with Gasteiger partial charge in [0, 0.05) is 42.7 Å². The van der Waals surface area contributed by atoms with Crippen molar-refractivity contribution in [1.82, 2.24) is 0 Å². The lowest BCUT2D eigenvalue weighted by Crippen LogP contribution is -2.33. The molecular weight excluding hydrogens is 390 g/mol. The van der Waals surface area contributed by atoms with Crippen LogP contribution in [0.3, 0.4) is 0 Å². The molecule has 1 aromatic carbocycles. The lowest BCUT2D eigenvalue weighted by Gasteiger charge is -2.35. The molecule has 3 aliphatic heterocycles. The zero-order valence-electron chi connectivity index (χ0n) is 19.9. The topological polar surface area (TPSA) is 59.0 Å². The first-order valence-corrected chi connectivity index (χ1v) is 12.2. The largest absolute Gasteiger partial charge is 0.487 e. The number of cyclic esters (lactones) is 1. The highest BCUT2D eigenvalue weighted by Crippen LogP contribution is 2.49. The average molecular weight is 430 g/mol. The molecule has 0 radical (unpaired) electrons. The van der Waals surface area contributed by atoms with Crippen molar-refractivity contribution in [2.45, 2.75) is 110 Å². The number of carbonyl (C=O) groups is 1. The molecule has 3 aliphatic rings. The Balaban J connectivity index is 1.75. The minimum Gasteiger partial charge on any atom is -0.487 e. The van der Waals surface area contributed by atoms with Crippen LogP contribution in [-0.2, 0) is 22.4 Å². The van der Waals surface area contributed by atoms with Crippen LogP contribution in [0.5, 0.6) is 5.75 Å². The smallest absolute Gasteiger partial charge is 0.308 e. The van der Waals surface area contributed by atoms with E-state index in [2.05, 4.69) is 39.5 Å². The molecule has 0 bridgehead atoms. The van der Waals surface area contributed by atoms with Gasteiger partial charge in [0.05, 0.1) is 12.5 Å². The van der Waals surface area contributed by atoms with E-state index in [0.717, 1.165) is 38.1 Å². The summed E-state index contributed by atoms with van der Waals surface area (Å²) in [4.78, 5) is 14.4. The SMILES string of the molecule is Cc1c2c(c(CC[C@H]3C[C@H](O)CC(=O)O3)c(C(C)C)c1N1CCCCC1)OC(C)(C)C2. The van der Waals surface area contributed by atoms with Crippen molar-refractivity contribution in [1.29, 1.82) is 0 Å². The number of piperidine rings is 1. The summed E-state index contributed by atoms with van der Waals surface area (Å²) in [5.41, 5.74) is 6.64. The zero-order valence-corrected chi connectivity index (χ0v) is 19.9. The minimum absolute atomic E-state index is 0.115. The van der Waals surface area contributed by atoms with Crippen molar-refractivity contribution in [3.05, 3.63) is 22.3 Å². The van der Waals surface area contributed by atoms with Crippen molar-refractivity contribution in [3.63, 3.8) is 0 Å². The number of ether oxygens (including phenoxy) is 2. The molecule has 2 saturated heterocycles. The molecule has 0 spiro atoms. The molecule has 0 saturated carbocycles. The van der Waals surface area contributed by atoms with Gasteiger partial charge in [-0.3, -0.25) is 4.79 Å². The van der Waals surface area contributed by atoms with Crippen LogP contribution < -0.4 is 9.64 Å². The van der Waals surface area contributed by atoms with Gasteiger partial charge in [0.2, 0.25) is 0 Å². The predicted octanol–water partition coefficient (Wildman–Crippen LogP) is 4.82. The maximum Gasteiger partial charge on any atom is 0.308 e. The van der Waals surface area contributed by atoms with Crippen LogP contribution in [0, 0.1) is 6.92 Å². The van der Waals surface area contributed by atoms with Gasteiger partial charge in [-0.2, -0.15) is 0 Å². The van der Waals surface area contributed by atoms with Crippen molar-refractivity contribution in [2.24, 2.45) is 0 Å². The van der Waals surface area contributed by atoms with Crippen LogP contribution in [0.25, 0.3) is 0 Å². The molecule has 2 fully saturated rings. The number of carbonyl (C=O) groups excluding carboxylic acids is 1. The number of nitrogens with zero attached hydrogens (tertiary/aromatic N) is 1. The van der Waals surface area contributed by atoms with Crippen molar-refractivity contribution < 1.29 is 19.4 Å². The van der Waals surface area contributed by atoms with Gasteiger partial charge >= 0.3 is 5.97 Å². The van der Waals surface area contributed by atoms with E-state index in [1.165, 1.54) is 47.2 Å². The molecule has 0 aliphatic carbocycles. The third-order valence-electron chi connectivity index (χ3n) is 7.12. The minimum atomic E-state index is -0.585. The van der Waals surface area contributed by atoms with Gasteiger partial charge in [-0.05, 0) is 69.9 Å². The van der Waals surface area contributed by atoms with Gasteiger partial charge < -0.3 is 19.5 Å². The summed E-state index contributed by atoms with van der Waals surface area (Å²) in [6.07, 6.45) is 6.11. The quantitative estimate of drug-likeness (QED) is 0.680. The van der Waals surface area contributed by atoms with E-state index in [4.69, 9.17) is 9.47 Å². The summed E-state index contributed by atoms with van der Waals surface area (Å²) in [5.74, 6) is 1.16. The van der Waals surface area contributed by atoms with E-state index in [1.54, 1.807) is 0 Å². The number of esters is 1. The summed E-state index contributed by atoms with van der Waals surface area (Å²) < 4.78 is 12.1. The second-order valence-electron chi connectivity index (χ2n) is 10.7. The van der Waals surface area contributed by atoms with Crippen molar-refractivity contribution in [2.75, 3.05) is 18.0 Å². The van der Waals surface area contributed by atoms with Gasteiger partial charge in [0.15, 0.2) is 0 Å². The fraction of sp³-hybridized carbons (Fsp3) is 0.731. The molecule has 0 aromatic heterocycles. The normalized spacial score (nSPS) is 25.4. The molecule has 3 heterocycles. The Morgan fingerprint density at radius 3 is 2.55 bits per heavy atom. The van der Waals surface area contributed by atoms with Gasteiger partial charge in [-0.1, -0.05) is 13.8 Å². The predicted molar refractivity (Wildman–Crippen MR) is 123 cm³/mol. The summed E-state index contributed by atoms with van der Waals surface area (Å²) >= 11 is 0. The lowest BCUT2D eigenvalue weighted by atomic mass is 9.84. The lowest BCUT2D eigenvalue weighted by molar-refractivity contribution is -0.160. The molecule has 0 amide bonds. The standard InChI is InChI=1S/C26H39NO4/c1-16(2)23-20(10-9-19-13-18(28)14-22(29)30-19)25-21(15-26(4,5)31-25)17(3)24(23)27-11-7-6-8-12-27/h16,18-19,28H,6-15H2,1-5H3/t18-,19-/m0/s1. The first kappa shape index (κ1) is 22.4. The highest BCUT2D eigenvalue weighted by Gasteiger charge is 2.38. The molecule has 2 atom stereocenters. The van der Waals surface area contributed by atoms with Crippen molar-refractivity contribution >= 4 is 11.7 Å². The van der Waals surface area contributed by atoms with E-state index in [0.29, 0.717) is 12.3 Å². The van der Waals surface area contributed by atoms with Gasteiger partial charge in [-0.25, -0.2) is 0 Å². The molecule has 31 heavy (non-hydrogen) atoms. The molecule has 4 rings (SSSR count). The number of hydrogen-bond acceptors (Lipinski definition) is 5. The van der Waals surface area contributed by atoms with Crippen LogP contribution in [0.15, 0.2) is 0 Å². The van der Waals surface area contributed by atoms with E-state index in [-0.39, 0.29) is 24.1 Å². The summed E-state index contributed by atoms with van der Waals surface area (Å²) in [7, 11) is 0. The first-order valence-electron chi connectivity index (χ1n) is 12.2. The second kappa shape index (κ2) is 8.65. The van der Waals surface area contributed by atoms with Gasteiger partial charge in [0.1, 0.15) is 17.5 Å². The van der Waals surface area contributed by atoms with Crippen molar-refractivity contribution in [3.8, 4) is 5.75 Å². The number of aliphatic hydroxyl groups is 1. The molecule has 0 unspecified atom stereocenters. The monoisotopic (exact) mass is 429 g/mol. The van der Waals surface area contributed by atoms with Crippen LogP contribution >= 0.6 is 0 Å². The van der Waals surface area contributed by atoms with Crippen LogP contribution in [0.1, 0.15) is 94.4 Å². The number of benzene rings is 1. The highest BCUT2D eigenvalue weighted by atomic mass is 16.5. The fourth-order valence-electron chi connectivity index (χ4n) is 5.78. The molecule has 1 N–H and O–H groups in total. The van der Waals surface area contributed by atoms with Gasteiger partial charge in [0.25, 0.3) is 0 Å². The van der Waals surface area contributed by atoms with Gasteiger partial charge in [-0.15, -0.1) is 0 Å². The molecule has 5 heteroatoms. The third kappa shape index (κ3) is 4.57. The molecule has 1 aromatic rings. The number of fused-ring (bicyclic) bond motifs is 1. The molecular formula is C26H39NO4. The van der Waals surface area contributed by atoms with Crippen LogP contribution in [-0.4, -0.2) is 42.0 Å². The number of hydrogen-bond donors (Lipinski definition) is 1. The highest BCUT2D eigenvalue weighted by molar-refractivity contribution is 5.72. The fourth-order valence-corrected chi connectivity index (χ4v) is 5.78.